The van der Waals surface area contributed by atoms with E-state index in [0.717, 1.165) is 44.0 Å². The standard InChI is InChI=1S/C24H33N3O2/c1-18-5-8-22(15-19(18)2)20(3)25-24(28)17-27-13-11-26(12-14-27)16-21-6-9-23(29-4)10-7-21/h5-10,15,20H,11-14,16-17H2,1-4H3,(H,25,28)/t20-/m0/s1. The van der Waals surface area contributed by atoms with Gasteiger partial charge >= 0.3 is 0 Å². The number of rotatable bonds is 7. The maximum atomic E-state index is 12.5. The SMILES string of the molecule is COc1ccc(CN2CCN(CC(=O)N[C@@H](C)c3ccc(C)c(C)c3)CC2)cc1. The number of hydrogen-bond donors (Lipinski definition) is 1. The summed E-state index contributed by atoms with van der Waals surface area (Å²) in [6.45, 7) is 11.5. The first-order valence-corrected chi connectivity index (χ1v) is 10.4. The number of piperazine rings is 1. The van der Waals surface area contributed by atoms with Crippen LogP contribution < -0.4 is 10.1 Å². The minimum absolute atomic E-state index is 0.0261. The summed E-state index contributed by atoms with van der Waals surface area (Å²) in [6, 6.07) is 14.7. The van der Waals surface area contributed by atoms with Crippen molar-refractivity contribution >= 4 is 5.91 Å². The molecule has 3 rings (SSSR count). The molecule has 1 fully saturated rings. The van der Waals surface area contributed by atoms with Crippen LogP contribution in [0.5, 0.6) is 5.75 Å². The zero-order valence-corrected chi connectivity index (χ0v) is 18.1. The number of ether oxygens (including phenoxy) is 1. The molecular weight excluding hydrogens is 362 g/mol. The number of nitrogens with zero attached hydrogens (tertiary/aromatic N) is 2. The summed E-state index contributed by atoms with van der Waals surface area (Å²) in [5, 5.41) is 3.15. The van der Waals surface area contributed by atoms with Crippen LogP contribution in [0.1, 0.15) is 35.2 Å². The molecule has 1 aliphatic heterocycles. The van der Waals surface area contributed by atoms with Gasteiger partial charge in [-0.2, -0.15) is 0 Å². The summed E-state index contributed by atoms with van der Waals surface area (Å²) < 4.78 is 5.22. The van der Waals surface area contributed by atoms with Gasteiger partial charge in [-0.25, -0.2) is 0 Å². The fraction of sp³-hybridized carbons (Fsp3) is 0.458. The van der Waals surface area contributed by atoms with Gasteiger partial charge in [0.15, 0.2) is 0 Å². The first-order valence-electron chi connectivity index (χ1n) is 10.4. The Balaban J connectivity index is 1.42. The van der Waals surface area contributed by atoms with E-state index >= 15 is 0 Å². The molecule has 1 atom stereocenters. The lowest BCUT2D eigenvalue weighted by Gasteiger charge is -2.34. The molecule has 5 heteroatoms. The molecule has 156 valence electrons. The van der Waals surface area contributed by atoms with Crippen LogP contribution in [0.2, 0.25) is 0 Å². The Kier molecular flexibility index (Phi) is 7.29. The maximum Gasteiger partial charge on any atom is 0.234 e. The van der Waals surface area contributed by atoms with Gasteiger partial charge in [-0.05, 0) is 55.2 Å². The van der Waals surface area contributed by atoms with Crippen molar-refractivity contribution in [3.05, 3.63) is 64.7 Å². The lowest BCUT2D eigenvalue weighted by Crippen LogP contribution is -2.49. The first-order chi connectivity index (χ1) is 13.9. The Labute approximate surface area is 174 Å². The smallest absolute Gasteiger partial charge is 0.234 e. The monoisotopic (exact) mass is 395 g/mol. The second-order valence-electron chi connectivity index (χ2n) is 8.03. The van der Waals surface area contributed by atoms with E-state index in [1.54, 1.807) is 7.11 Å². The van der Waals surface area contributed by atoms with Crippen LogP contribution in [0.3, 0.4) is 0 Å². The van der Waals surface area contributed by atoms with Crippen molar-refractivity contribution in [2.45, 2.75) is 33.4 Å². The summed E-state index contributed by atoms with van der Waals surface area (Å²) in [6.07, 6.45) is 0. The summed E-state index contributed by atoms with van der Waals surface area (Å²) in [4.78, 5) is 17.2. The average molecular weight is 396 g/mol. The van der Waals surface area contributed by atoms with Crippen LogP contribution >= 0.6 is 0 Å². The normalized spacial score (nSPS) is 16.4. The Morgan fingerprint density at radius 3 is 2.28 bits per heavy atom. The van der Waals surface area contributed by atoms with Crippen molar-refractivity contribution in [3.63, 3.8) is 0 Å². The number of carbonyl (C=O) groups is 1. The highest BCUT2D eigenvalue weighted by Gasteiger charge is 2.20. The van der Waals surface area contributed by atoms with Crippen molar-refractivity contribution in [2.24, 2.45) is 0 Å². The highest BCUT2D eigenvalue weighted by molar-refractivity contribution is 5.78. The molecule has 1 aliphatic rings. The van der Waals surface area contributed by atoms with Gasteiger partial charge in [0.1, 0.15) is 5.75 Å². The predicted molar refractivity (Wildman–Crippen MR) is 117 cm³/mol. The Bertz CT molecular complexity index is 811. The van der Waals surface area contributed by atoms with Crippen LogP contribution in [0.25, 0.3) is 0 Å². The zero-order valence-electron chi connectivity index (χ0n) is 18.1. The number of hydrogen-bond acceptors (Lipinski definition) is 4. The molecule has 0 aliphatic carbocycles. The van der Waals surface area contributed by atoms with Gasteiger partial charge in [0, 0.05) is 32.7 Å². The molecule has 1 amide bonds. The van der Waals surface area contributed by atoms with Crippen molar-refractivity contribution in [2.75, 3.05) is 39.8 Å². The molecule has 0 radical (unpaired) electrons. The molecule has 0 spiro atoms. The fourth-order valence-electron chi connectivity index (χ4n) is 3.70. The zero-order chi connectivity index (χ0) is 20.8. The Morgan fingerprint density at radius 2 is 1.66 bits per heavy atom. The van der Waals surface area contributed by atoms with Crippen molar-refractivity contribution in [3.8, 4) is 5.75 Å². The predicted octanol–water partition coefficient (Wildman–Crippen LogP) is 3.31. The summed E-state index contributed by atoms with van der Waals surface area (Å²) in [5.74, 6) is 0.985. The van der Waals surface area contributed by atoms with Crippen LogP contribution in [-0.2, 0) is 11.3 Å². The van der Waals surface area contributed by atoms with Crippen molar-refractivity contribution in [1.82, 2.24) is 15.1 Å². The molecular formula is C24H33N3O2. The molecule has 5 nitrogen and oxygen atoms in total. The third-order valence-electron chi connectivity index (χ3n) is 5.81. The molecule has 2 aromatic rings. The van der Waals surface area contributed by atoms with Crippen LogP contribution in [0.15, 0.2) is 42.5 Å². The molecule has 1 N–H and O–H groups in total. The quantitative estimate of drug-likeness (QED) is 0.781. The lowest BCUT2D eigenvalue weighted by molar-refractivity contribution is -0.123. The molecule has 0 unspecified atom stereocenters. The van der Waals surface area contributed by atoms with Crippen molar-refractivity contribution < 1.29 is 9.53 Å². The Morgan fingerprint density at radius 1 is 1.00 bits per heavy atom. The highest BCUT2D eigenvalue weighted by atomic mass is 16.5. The van der Waals surface area contributed by atoms with Gasteiger partial charge in [0.25, 0.3) is 0 Å². The first kappa shape index (κ1) is 21.3. The number of nitrogens with one attached hydrogen (secondary N) is 1. The maximum absolute atomic E-state index is 12.5. The minimum atomic E-state index is 0.0261. The largest absolute Gasteiger partial charge is 0.497 e. The third-order valence-corrected chi connectivity index (χ3v) is 5.81. The minimum Gasteiger partial charge on any atom is -0.497 e. The Hall–Kier alpha value is -2.37. The van der Waals surface area contributed by atoms with Crippen LogP contribution in [0.4, 0.5) is 0 Å². The topological polar surface area (TPSA) is 44.8 Å². The van der Waals surface area contributed by atoms with E-state index in [2.05, 4.69) is 66.2 Å². The number of aryl methyl sites for hydroxylation is 2. The van der Waals surface area contributed by atoms with E-state index in [9.17, 15) is 4.79 Å². The van der Waals surface area contributed by atoms with E-state index in [-0.39, 0.29) is 11.9 Å². The van der Waals surface area contributed by atoms with E-state index in [1.807, 2.05) is 12.1 Å². The molecule has 0 aromatic heterocycles. The lowest BCUT2D eigenvalue weighted by atomic mass is 10.0. The summed E-state index contributed by atoms with van der Waals surface area (Å²) in [7, 11) is 1.69. The number of carbonyl (C=O) groups excluding carboxylic acids is 1. The summed E-state index contributed by atoms with van der Waals surface area (Å²) >= 11 is 0. The third kappa shape index (κ3) is 6.05. The van der Waals surface area contributed by atoms with Gasteiger partial charge in [-0.3, -0.25) is 14.6 Å². The van der Waals surface area contributed by atoms with Crippen molar-refractivity contribution in [1.29, 1.82) is 0 Å². The second-order valence-corrected chi connectivity index (χ2v) is 8.03. The van der Waals surface area contributed by atoms with E-state index in [4.69, 9.17) is 4.74 Å². The molecule has 1 saturated heterocycles. The van der Waals surface area contributed by atoms with Gasteiger partial charge in [0.2, 0.25) is 5.91 Å². The highest BCUT2D eigenvalue weighted by Crippen LogP contribution is 2.17. The molecule has 2 aromatic carbocycles. The van der Waals surface area contributed by atoms with Gasteiger partial charge < -0.3 is 10.1 Å². The molecule has 29 heavy (non-hydrogen) atoms. The number of methoxy groups -OCH3 is 1. The van der Waals surface area contributed by atoms with E-state index < -0.39 is 0 Å². The number of benzene rings is 2. The molecule has 0 saturated carbocycles. The van der Waals surface area contributed by atoms with Gasteiger partial charge in [0.05, 0.1) is 19.7 Å². The van der Waals surface area contributed by atoms with E-state index in [1.165, 1.54) is 16.7 Å². The van der Waals surface area contributed by atoms with Crippen LogP contribution in [0, 0.1) is 13.8 Å². The second kappa shape index (κ2) is 9.90. The van der Waals surface area contributed by atoms with E-state index in [0.29, 0.717) is 6.54 Å². The summed E-state index contributed by atoms with van der Waals surface area (Å²) in [5.41, 5.74) is 4.99. The number of amides is 1. The van der Waals surface area contributed by atoms with Gasteiger partial charge in [-0.15, -0.1) is 0 Å². The average Bonchev–Trinajstić information content (AvgIpc) is 2.72. The van der Waals surface area contributed by atoms with Crippen LogP contribution in [-0.4, -0.2) is 55.5 Å². The molecule has 1 heterocycles. The molecule has 0 bridgehead atoms. The van der Waals surface area contributed by atoms with Gasteiger partial charge in [-0.1, -0.05) is 30.3 Å². The fourth-order valence-corrected chi connectivity index (χ4v) is 3.70.